The quantitative estimate of drug-likeness (QED) is 0.448. The average Bonchev–Trinajstić information content (AvgIpc) is 3.30. The molecule has 0 aliphatic heterocycles. The first-order chi connectivity index (χ1) is 15.9. The van der Waals surface area contributed by atoms with Crippen molar-refractivity contribution >= 4 is 17.6 Å². The van der Waals surface area contributed by atoms with Crippen LogP contribution < -0.4 is 19.5 Å². The van der Waals surface area contributed by atoms with Gasteiger partial charge in [0.25, 0.3) is 0 Å². The number of nitrogens with zero attached hydrogens (tertiary/aromatic N) is 2. The van der Waals surface area contributed by atoms with Crippen LogP contribution >= 0.6 is 0 Å². The number of aromatic nitrogens is 2. The van der Waals surface area contributed by atoms with Crippen molar-refractivity contribution in [2.45, 2.75) is 33.4 Å². The summed E-state index contributed by atoms with van der Waals surface area (Å²) in [5.74, 6) is 0.614. The maximum atomic E-state index is 12.5. The molecular weight excluding hydrogens is 426 g/mol. The number of ether oxygens (including phenoxy) is 3. The molecule has 1 heterocycles. The minimum absolute atomic E-state index is 0.0251. The smallest absolute Gasteiger partial charge is 0.338 e. The van der Waals surface area contributed by atoms with Crippen molar-refractivity contribution in [3.8, 4) is 17.2 Å². The van der Waals surface area contributed by atoms with Gasteiger partial charge in [0.15, 0.2) is 11.5 Å². The summed E-state index contributed by atoms with van der Waals surface area (Å²) in [5.41, 5.74) is 1.55. The number of hydrogen-bond acceptors (Lipinski definition) is 6. The van der Waals surface area contributed by atoms with Crippen molar-refractivity contribution in [1.29, 1.82) is 0 Å². The van der Waals surface area contributed by atoms with Crippen LogP contribution in [-0.4, -0.2) is 40.0 Å². The van der Waals surface area contributed by atoms with Gasteiger partial charge in [0.05, 0.1) is 25.0 Å². The van der Waals surface area contributed by atoms with Gasteiger partial charge in [0.1, 0.15) is 18.4 Å². The Morgan fingerprint density at radius 2 is 1.73 bits per heavy atom. The molecule has 0 bridgehead atoms. The average molecular weight is 453 g/mol. The van der Waals surface area contributed by atoms with Gasteiger partial charge in [-0.25, -0.2) is 4.79 Å². The molecule has 0 aliphatic rings. The second-order valence-corrected chi connectivity index (χ2v) is 7.14. The predicted octanol–water partition coefficient (Wildman–Crippen LogP) is 4.16. The molecule has 9 nitrogen and oxygen atoms in total. The standard InChI is InChI=1S/C24H27N3O6/c1-4-31-21-11-6-17(12-22(21)32-5-2)15-33-20-9-7-19(8-10-20)26-23(28)16(3)27-14-18(13-25-27)24(29)30/h6-14,16H,4-5,15H2,1-3H3,(H,26,28)(H,29,30). The number of hydrogen-bond donors (Lipinski definition) is 2. The third kappa shape index (κ3) is 6.25. The molecule has 0 saturated carbocycles. The fourth-order valence-electron chi connectivity index (χ4n) is 3.01. The van der Waals surface area contributed by atoms with Crippen LogP contribution in [0.1, 0.15) is 42.7 Å². The van der Waals surface area contributed by atoms with Gasteiger partial charge in [-0.05, 0) is 62.7 Å². The maximum absolute atomic E-state index is 12.5. The highest BCUT2D eigenvalue weighted by Gasteiger charge is 2.18. The number of carboxylic acid groups (broad SMARTS) is 1. The van der Waals surface area contributed by atoms with E-state index in [9.17, 15) is 9.59 Å². The largest absolute Gasteiger partial charge is 0.490 e. The molecule has 3 aromatic rings. The summed E-state index contributed by atoms with van der Waals surface area (Å²) in [6, 6.07) is 12.0. The van der Waals surface area contributed by atoms with Crippen LogP contribution in [0.5, 0.6) is 17.2 Å². The van der Waals surface area contributed by atoms with E-state index in [-0.39, 0.29) is 11.5 Å². The fraction of sp³-hybridized carbons (Fsp3) is 0.292. The lowest BCUT2D eigenvalue weighted by Gasteiger charge is -2.14. The minimum atomic E-state index is -1.09. The third-order valence-electron chi connectivity index (χ3n) is 4.76. The van der Waals surface area contributed by atoms with E-state index in [0.717, 1.165) is 5.56 Å². The number of aromatic carboxylic acids is 1. The van der Waals surface area contributed by atoms with Gasteiger partial charge < -0.3 is 24.6 Å². The molecule has 0 saturated heterocycles. The van der Waals surface area contributed by atoms with Crippen molar-refractivity contribution in [3.63, 3.8) is 0 Å². The van der Waals surface area contributed by atoms with Crippen LogP contribution in [0, 0.1) is 0 Å². The first kappa shape index (κ1) is 23.6. The summed E-state index contributed by atoms with van der Waals surface area (Å²) in [7, 11) is 0. The normalized spacial score (nSPS) is 11.5. The van der Waals surface area contributed by atoms with E-state index < -0.39 is 12.0 Å². The number of rotatable bonds is 11. The van der Waals surface area contributed by atoms with Crippen LogP contribution in [0.25, 0.3) is 0 Å². The van der Waals surface area contributed by atoms with Crippen LogP contribution in [0.3, 0.4) is 0 Å². The molecular formula is C24H27N3O6. The maximum Gasteiger partial charge on any atom is 0.338 e. The van der Waals surface area contributed by atoms with E-state index in [1.54, 1.807) is 31.2 Å². The molecule has 1 aromatic heterocycles. The monoisotopic (exact) mass is 453 g/mol. The van der Waals surface area contributed by atoms with Crippen LogP contribution in [0.4, 0.5) is 5.69 Å². The van der Waals surface area contributed by atoms with Crippen molar-refractivity contribution in [1.82, 2.24) is 9.78 Å². The lowest BCUT2D eigenvalue weighted by Crippen LogP contribution is -2.24. The molecule has 1 amide bonds. The molecule has 0 radical (unpaired) electrons. The molecule has 2 N–H and O–H groups in total. The van der Waals surface area contributed by atoms with Gasteiger partial charge in [-0.2, -0.15) is 5.10 Å². The Hall–Kier alpha value is -4.01. The number of carbonyl (C=O) groups is 2. The van der Waals surface area contributed by atoms with Crippen molar-refractivity contribution < 1.29 is 28.9 Å². The van der Waals surface area contributed by atoms with Gasteiger partial charge >= 0.3 is 5.97 Å². The number of anilines is 1. The Kier molecular flexibility index (Phi) is 7.91. The number of carbonyl (C=O) groups excluding carboxylic acids is 1. The number of benzene rings is 2. The Balaban J connectivity index is 1.57. The van der Waals surface area contributed by atoms with E-state index in [1.165, 1.54) is 17.1 Å². The highest BCUT2D eigenvalue weighted by molar-refractivity contribution is 5.93. The Morgan fingerprint density at radius 3 is 2.36 bits per heavy atom. The van der Waals surface area contributed by atoms with E-state index >= 15 is 0 Å². The molecule has 1 atom stereocenters. The van der Waals surface area contributed by atoms with Crippen LogP contribution in [-0.2, 0) is 11.4 Å². The van der Waals surface area contributed by atoms with Gasteiger partial charge in [-0.3, -0.25) is 9.48 Å². The van der Waals surface area contributed by atoms with Crippen molar-refractivity contribution in [3.05, 3.63) is 66.0 Å². The van der Waals surface area contributed by atoms with Crippen LogP contribution in [0.15, 0.2) is 54.9 Å². The molecule has 174 valence electrons. The summed E-state index contributed by atoms with van der Waals surface area (Å²) < 4.78 is 18.4. The minimum Gasteiger partial charge on any atom is -0.490 e. The third-order valence-corrected chi connectivity index (χ3v) is 4.76. The van der Waals surface area contributed by atoms with E-state index in [0.29, 0.717) is 42.8 Å². The summed E-state index contributed by atoms with van der Waals surface area (Å²) in [6.45, 7) is 6.92. The second-order valence-electron chi connectivity index (χ2n) is 7.14. The van der Waals surface area contributed by atoms with E-state index in [2.05, 4.69) is 10.4 Å². The lowest BCUT2D eigenvalue weighted by atomic mass is 10.2. The topological polar surface area (TPSA) is 112 Å². The first-order valence-corrected chi connectivity index (χ1v) is 10.6. The molecule has 0 fully saturated rings. The molecule has 3 rings (SSSR count). The van der Waals surface area contributed by atoms with E-state index in [1.807, 2.05) is 32.0 Å². The molecule has 33 heavy (non-hydrogen) atoms. The number of carboxylic acids is 1. The summed E-state index contributed by atoms with van der Waals surface area (Å²) in [6.07, 6.45) is 2.53. The summed E-state index contributed by atoms with van der Waals surface area (Å²) >= 11 is 0. The zero-order valence-corrected chi connectivity index (χ0v) is 18.8. The highest BCUT2D eigenvalue weighted by atomic mass is 16.5. The fourth-order valence-corrected chi connectivity index (χ4v) is 3.01. The van der Waals surface area contributed by atoms with Gasteiger partial charge in [-0.15, -0.1) is 0 Å². The lowest BCUT2D eigenvalue weighted by molar-refractivity contribution is -0.119. The molecule has 1 unspecified atom stereocenters. The SMILES string of the molecule is CCOc1ccc(COc2ccc(NC(=O)C(C)n3cc(C(=O)O)cn3)cc2)cc1OCC. The highest BCUT2D eigenvalue weighted by Crippen LogP contribution is 2.29. The number of nitrogens with one attached hydrogen (secondary N) is 1. The Bertz CT molecular complexity index is 1090. The van der Waals surface area contributed by atoms with Crippen molar-refractivity contribution in [2.75, 3.05) is 18.5 Å². The van der Waals surface area contributed by atoms with Gasteiger partial charge in [0, 0.05) is 11.9 Å². The van der Waals surface area contributed by atoms with E-state index in [4.69, 9.17) is 19.3 Å². The van der Waals surface area contributed by atoms with Gasteiger partial charge in [-0.1, -0.05) is 6.07 Å². The van der Waals surface area contributed by atoms with Gasteiger partial charge in [0.2, 0.25) is 5.91 Å². The van der Waals surface area contributed by atoms with Crippen LogP contribution in [0.2, 0.25) is 0 Å². The zero-order chi connectivity index (χ0) is 23.8. The van der Waals surface area contributed by atoms with Crippen molar-refractivity contribution in [2.24, 2.45) is 0 Å². The molecule has 9 heteroatoms. The summed E-state index contributed by atoms with van der Waals surface area (Å²) in [4.78, 5) is 23.5. The zero-order valence-electron chi connectivity index (χ0n) is 18.8. The summed E-state index contributed by atoms with van der Waals surface area (Å²) in [5, 5.41) is 15.7. The molecule has 0 spiro atoms. The first-order valence-electron chi connectivity index (χ1n) is 10.6. The molecule has 0 aliphatic carbocycles. The Morgan fingerprint density at radius 1 is 1.03 bits per heavy atom. The predicted molar refractivity (Wildman–Crippen MR) is 122 cm³/mol. The second kappa shape index (κ2) is 11.0. The molecule has 2 aromatic carbocycles. The number of amides is 1. The Labute approximate surface area is 191 Å².